The molecule has 0 radical (unpaired) electrons. The number of aliphatic hydroxyl groups is 1. The number of fused-ring (bicyclic) bond motifs is 5. The van der Waals surface area contributed by atoms with Gasteiger partial charge in [-0.05, 0) is 109 Å². The maximum atomic E-state index is 9.57. The molecule has 0 bridgehead atoms. The van der Waals surface area contributed by atoms with Crippen LogP contribution in [0.4, 0.5) is 0 Å². The molecule has 0 amide bonds. The van der Waals surface area contributed by atoms with Crippen molar-refractivity contribution >= 4 is 0 Å². The zero-order valence-corrected chi connectivity index (χ0v) is 19.9. The third-order valence-corrected chi connectivity index (χ3v) is 11.1. The van der Waals surface area contributed by atoms with E-state index in [0.717, 1.165) is 30.3 Å². The van der Waals surface area contributed by atoms with Crippen LogP contribution in [0.3, 0.4) is 0 Å². The van der Waals surface area contributed by atoms with Gasteiger partial charge < -0.3 is 9.84 Å². The lowest BCUT2D eigenvalue weighted by Gasteiger charge is -2.62. The van der Waals surface area contributed by atoms with Crippen LogP contribution >= 0.6 is 0 Å². The van der Waals surface area contributed by atoms with Gasteiger partial charge in [0, 0.05) is 0 Å². The zero-order chi connectivity index (χ0) is 21.7. The van der Waals surface area contributed by atoms with Crippen molar-refractivity contribution in [3.05, 3.63) is 48.2 Å². The molecule has 1 aromatic carbocycles. The van der Waals surface area contributed by atoms with Crippen molar-refractivity contribution in [2.45, 2.75) is 91.3 Å². The molecule has 0 aliphatic heterocycles. The summed E-state index contributed by atoms with van der Waals surface area (Å²) in [5.74, 6) is 3.44. The third-order valence-electron chi connectivity index (χ3n) is 11.1. The molecule has 5 rings (SSSR count). The molecular formula is C29H42O2. The van der Waals surface area contributed by atoms with E-state index in [0.29, 0.717) is 16.9 Å². The summed E-state index contributed by atoms with van der Waals surface area (Å²) in [4.78, 5) is 0. The highest BCUT2D eigenvalue weighted by atomic mass is 16.5. The Hall–Kier alpha value is -1.28. The molecule has 0 saturated heterocycles. The van der Waals surface area contributed by atoms with E-state index in [9.17, 15) is 5.11 Å². The highest BCUT2D eigenvalue weighted by molar-refractivity contribution is 5.17. The predicted molar refractivity (Wildman–Crippen MR) is 127 cm³/mol. The minimum absolute atomic E-state index is 0.165. The average Bonchev–Trinajstić information content (AvgIpc) is 3.04. The van der Waals surface area contributed by atoms with Crippen molar-refractivity contribution in [2.75, 3.05) is 0 Å². The standard InChI is InChI=1S/C29H42O2/c1-27(17-18-30)14-12-26-24-10-9-22-19-23(31-20-21-7-5-4-6-8-21)11-15-28(22,2)25(24)13-16-29(26,27)3/h4-8,17-18,22-26,30H,9-16,19-20H2,1-3H3/t22?,23-,24+,25-,26-,27+,28-,29-/m0/s1. The van der Waals surface area contributed by atoms with E-state index in [1.54, 1.807) is 0 Å². The molecule has 1 aromatic rings. The Labute approximate surface area is 189 Å². The van der Waals surface area contributed by atoms with Gasteiger partial charge in [0.2, 0.25) is 0 Å². The summed E-state index contributed by atoms with van der Waals surface area (Å²) in [5.41, 5.74) is 2.32. The highest BCUT2D eigenvalue weighted by Gasteiger charge is 2.62. The van der Waals surface area contributed by atoms with Gasteiger partial charge in [0.15, 0.2) is 0 Å². The molecule has 1 unspecified atom stereocenters. The fourth-order valence-electron chi connectivity index (χ4n) is 8.90. The molecule has 4 saturated carbocycles. The lowest BCUT2D eigenvalue weighted by Crippen LogP contribution is -2.55. The summed E-state index contributed by atoms with van der Waals surface area (Å²) in [7, 11) is 0. The lowest BCUT2D eigenvalue weighted by molar-refractivity contribution is -0.140. The monoisotopic (exact) mass is 422 g/mol. The van der Waals surface area contributed by atoms with Crippen molar-refractivity contribution in [3.8, 4) is 0 Å². The molecule has 1 N–H and O–H groups in total. The molecule has 2 nitrogen and oxygen atoms in total. The number of benzene rings is 1. The fraction of sp³-hybridized carbons (Fsp3) is 0.724. The van der Waals surface area contributed by atoms with Crippen LogP contribution in [0.15, 0.2) is 42.7 Å². The molecule has 4 aliphatic carbocycles. The van der Waals surface area contributed by atoms with Gasteiger partial charge in [0.05, 0.1) is 19.0 Å². The number of hydrogen-bond donors (Lipinski definition) is 1. The SMILES string of the molecule is C[C@]12CC[C@H](OCc3ccccc3)CC1CC[C@@H]1[C@@H]2CC[C@@]2(C)[C@H]1CC[C@]2(C)C=CO. The molecule has 0 aromatic heterocycles. The van der Waals surface area contributed by atoms with Gasteiger partial charge >= 0.3 is 0 Å². The van der Waals surface area contributed by atoms with Crippen molar-refractivity contribution in [1.82, 2.24) is 0 Å². The van der Waals surface area contributed by atoms with E-state index >= 15 is 0 Å². The number of rotatable bonds is 4. The summed E-state index contributed by atoms with van der Waals surface area (Å²) in [6, 6.07) is 10.7. The first-order valence-electron chi connectivity index (χ1n) is 12.9. The first-order chi connectivity index (χ1) is 14.9. The van der Waals surface area contributed by atoms with Crippen molar-refractivity contribution < 1.29 is 9.84 Å². The Balaban J connectivity index is 1.28. The Bertz CT molecular complexity index is 802. The van der Waals surface area contributed by atoms with Crippen LogP contribution in [0.5, 0.6) is 0 Å². The topological polar surface area (TPSA) is 29.5 Å². The van der Waals surface area contributed by atoms with Crippen LogP contribution < -0.4 is 0 Å². The average molecular weight is 423 g/mol. The second-order valence-electron chi connectivity index (χ2n) is 12.1. The lowest BCUT2D eigenvalue weighted by atomic mass is 9.43. The summed E-state index contributed by atoms with van der Waals surface area (Å²) >= 11 is 0. The Kier molecular flexibility index (Phi) is 5.52. The maximum absolute atomic E-state index is 9.57. The van der Waals surface area contributed by atoms with Gasteiger partial charge in [-0.25, -0.2) is 0 Å². The number of ether oxygens (including phenoxy) is 1. The minimum atomic E-state index is 0.165. The zero-order valence-electron chi connectivity index (χ0n) is 19.9. The van der Waals surface area contributed by atoms with Crippen LogP contribution in [0.2, 0.25) is 0 Å². The van der Waals surface area contributed by atoms with Gasteiger partial charge in [0.25, 0.3) is 0 Å². The van der Waals surface area contributed by atoms with Gasteiger partial charge in [-0.3, -0.25) is 0 Å². The number of allylic oxidation sites excluding steroid dienone is 1. The molecule has 0 heterocycles. The van der Waals surface area contributed by atoms with E-state index < -0.39 is 0 Å². The Morgan fingerprint density at radius 3 is 2.48 bits per heavy atom. The fourth-order valence-corrected chi connectivity index (χ4v) is 8.90. The van der Waals surface area contributed by atoms with Crippen LogP contribution in [0.1, 0.15) is 84.1 Å². The van der Waals surface area contributed by atoms with E-state index in [2.05, 4.69) is 57.2 Å². The summed E-state index contributed by atoms with van der Waals surface area (Å²) in [5, 5.41) is 9.57. The predicted octanol–water partition coefficient (Wildman–Crippen LogP) is 7.69. The largest absolute Gasteiger partial charge is 0.516 e. The van der Waals surface area contributed by atoms with E-state index in [1.165, 1.54) is 69.6 Å². The van der Waals surface area contributed by atoms with E-state index in [-0.39, 0.29) is 5.41 Å². The molecule has 4 fully saturated rings. The Morgan fingerprint density at radius 2 is 1.71 bits per heavy atom. The van der Waals surface area contributed by atoms with Crippen LogP contribution in [-0.4, -0.2) is 11.2 Å². The highest BCUT2D eigenvalue weighted by Crippen LogP contribution is 2.70. The second-order valence-corrected chi connectivity index (χ2v) is 12.1. The Morgan fingerprint density at radius 1 is 0.935 bits per heavy atom. The van der Waals surface area contributed by atoms with Crippen LogP contribution in [-0.2, 0) is 11.3 Å². The molecular weight excluding hydrogens is 380 g/mol. The molecule has 2 heteroatoms. The molecule has 0 spiro atoms. The molecule has 8 atom stereocenters. The molecule has 170 valence electrons. The molecule has 31 heavy (non-hydrogen) atoms. The smallest absolute Gasteiger partial charge is 0.0757 e. The number of aliphatic hydroxyl groups excluding tert-OH is 1. The quantitative estimate of drug-likeness (QED) is 0.504. The summed E-state index contributed by atoms with van der Waals surface area (Å²) < 4.78 is 6.41. The van der Waals surface area contributed by atoms with Gasteiger partial charge in [-0.15, -0.1) is 0 Å². The maximum Gasteiger partial charge on any atom is 0.0757 e. The third kappa shape index (κ3) is 3.39. The first-order valence-corrected chi connectivity index (χ1v) is 12.9. The molecule has 4 aliphatic rings. The van der Waals surface area contributed by atoms with Crippen molar-refractivity contribution in [2.24, 2.45) is 39.9 Å². The first kappa shape index (κ1) is 21.6. The minimum Gasteiger partial charge on any atom is -0.516 e. The van der Waals surface area contributed by atoms with Gasteiger partial charge in [-0.2, -0.15) is 0 Å². The number of hydrogen-bond acceptors (Lipinski definition) is 2. The van der Waals surface area contributed by atoms with Crippen LogP contribution in [0, 0.1) is 39.9 Å². The van der Waals surface area contributed by atoms with Gasteiger partial charge in [0.1, 0.15) is 0 Å². The normalized spacial score (nSPS) is 47.0. The van der Waals surface area contributed by atoms with Crippen LogP contribution in [0.25, 0.3) is 0 Å². The van der Waals surface area contributed by atoms with E-state index in [4.69, 9.17) is 4.74 Å². The van der Waals surface area contributed by atoms with Gasteiger partial charge in [-0.1, -0.05) is 51.1 Å². The van der Waals surface area contributed by atoms with E-state index in [1.807, 2.05) is 0 Å². The van der Waals surface area contributed by atoms with Crippen molar-refractivity contribution in [1.29, 1.82) is 0 Å². The summed E-state index contributed by atoms with van der Waals surface area (Å²) in [6.07, 6.45) is 15.8. The van der Waals surface area contributed by atoms with Crippen molar-refractivity contribution in [3.63, 3.8) is 0 Å². The summed E-state index contributed by atoms with van der Waals surface area (Å²) in [6.45, 7) is 8.36. The second kappa shape index (κ2) is 7.94.